The summed E-state index contributed by atoms with van der Waals surface area (Å²) >= 11 is 0. The number of hydrogen-bond donors (Lipinski definition) is 1. The van der Waals surface area contributed by atoms with Gasteiger partial charge in [0.1, 0.15) is 0 Å². The number of piperidine rings is 2. The van der Waals surface area contributed by atoms with Gasteiger partial charge in [-0.05, 0) is 51.1 Å². The number of amides is 1. The van der Waals surface area contributed by atoms with E-state index in [1.54, 1.807) is 0 Å². The van der Waals surface area contributed by atoms with Gasteiger partial charge < -0.3 is 10.2 Å². The monoisotopic (exact) mass is 252 g/mol. The molecule has 2 saturated heterocycles. The van der Waals surface area contributed by atoms with Gasteiger partial charge in [-0.2, -0.15) is 0 Å². The summed E-state index contributed by atoms with van der Waals surface area (Å²) in [5.74, 6) is 1.42. The molecule has 3 heteroatoms. The first-order valence-corrected chi connectivity index (χ1v) is 7.75. The van der Waals surface area contributed by atoms with Crippen molar-refractivity contribution in [3.63, 3.8) is 0 Å². The van der Waals surface area contributed by atoms with Crippen LogP contribution in [0.1, 0.15) is 52.4 Å². The zero-order chi connectivity index (χ0) is 13.0. The molecule has 18 heavy (non-hydrogen) atoms. The molecule has 2 unspecified atom stereocenters. The van der Waals surface area contributed by atoms with Crippen LogP contribution >= 0.6 is 0 Å². The number of likely N-dealkylation sites (tertiary alicyclic amines) is 1. The lowest BCUT2D eigenvalue weighted by atomic mass is 9.86. The van der Waals surface area contributed by atoms with Crippen LogP contribution in [-0.4, -0.2) is 36.5 Å². The average molecular weight is 252 g/mol. The Balaban J connectivity index is 2.01. The maximum atomic E-state index is 12.7. The van der Waals surface area contributed by atoms with E-state index in [0.717, 1.165) is 32.5 Å². The third-order valence-electron chi connectivity index (χ3n) is 4.67. The van der Waals surface area contributed by atoms with Crippen LogP contribution in [0.2, 0.25) is 0 Å². The SMILES string of the molecule is CCCC1C(C)CCCN1C(=O)C1CCNCC1. The van der Waals surface area contributed by atoms with Gasteiger partial charge in [0.15, 0.2) is 0 Å². The van der Waals surface area contributed by atoms with Crippen LogP contribution in [0.15, 0.2) is 0 Å². The fourth-order valence-electron chi connectivity index (χ4n) is 3.56. The van der Waals surface area contributed by atoms with Crippen molar-refractivity contribution in [2.24, 2.45) is 11.8 Å². The Bertz CT molecular complexity index is 274. The van der Waals surface area contributed by atoms with Gasteiger partial charge in [0.05, 0.1) is 0 Å². The zero-order valence-corrected chi connectivity index (χ0v) is 12.0. The molecule has 104 valence electrons. The topological polar surface area (TPSA) is 32.3 Å². The molecular weight excluding hydrogens is 224 g/mol. The third kappa shape index (κ3) is 3.05. The van der Waals surface area contributed by atoms with Crippen LogP contribution < -0.4 is 5.32 Å². The first-order chi connectivity index (χ1) is 8.74. The summed E-state index contributed by atoms with van der Waals surface area (Å²) in [4.78, 5) is 14.9. The normalized spacial score (nSPS) is 30.4. The number of hydrogen-bond acceptors (Lipinski definition) is 2. The van der Waals surface area contributed by atoms with Crippen LogP contribution in [0.5, 0.6) is 0 Å². The molecule has 2 aliphatic rings. The van der Waals surface area contributed by atoms with Crippen molar-refractivity contribution < 1.29 is 4.79 Å². The van der Waals surface area contributed by atoms with Crippen LogP contribution in [0, 0.1) is 11.8 Å². The predicted octanol–water partition coefficient (Wildman–Crippen LogP) is 2.41. The minimum atomic E-state index is 0.288. The Morgan fingerprint density at radius 2 is 2.00 bits per heavy atom. The molecule has 1 N–H and O–H groups in total. The van der Waals surface area contributed by atoms with Crippen molar-refractivity contribution in [1.29, 1.82) is 0 Å². The molecule has 0 bridgehead atoms. The maximum Gasteiger partial charge on any atom is 0.226 e. The van der Waals surface area contributed by atoms with E-state index in [2.05, 4.69) is 24.1 Å². The van der Waals surface area contributed by atoms with E-state index in [0.29, 0.717) is 17.9 Å². The lowest BCUT2D eigenvalue weighted by Crippen LogP contribution is -2.51. The Morgan fingerprint density at radius 3 is 2.67 bits per heavy atom. The Morgan fingerprint density at radius 1 is 1.28 bits per heavy atom. The highest BCUT2D eigenvalue weighted by Gasteiger charge is 2.34. The quantitative estimate of drug-likeness (QED) is 0.836. The molecule has 0 aromatic carbocycles. The molecule has 2 aliphatic heterocycles. The van der Waals surface area contributed by atoms with Gasteiger partial charge in [0, 0.05) is 18.5 Å². The second-order valence-corrected chi connectivity index (χ2v) is 6.03. The zero-order valence-electron chi connectivity index (χ0n) is 12.0. The van der Waals surface area contributed by atoms with Crippen molar-refractivity contribution in [3.05, 3.63) is 0 Å². The fraction of sp³-hybridized carbons (Fsp3) is 0.933. The van der Waals surface area contributed by atoms with E-state index < -0.39 is 0 Å². The molecule has 0 spiro atoms. The largest absolute Gasteiger partial charge is 0.339 e. The molecule has 1 amide bonds. The van der Waals surface area contributed by atoms with Crippen LogP contribution in [0.3, 0.4) is 0 Å². The fourth-order valence-corrected chi connectivity index (χ4v) is 3.56. The van der Waals surface area contributed by atoms with E-state index in [9.17, 15) is 4.79 Å². The molecule has 0 saturated carbocycles. The number of carbonyl (C=O) groups is 1. The second kappa shape index (κ2) is 6.55. The van der Waals surface area contributed by atoms with Gasteiger partial charge in [-0.25, -0.2) is 0 Å². The van der Waals surface area contributed by atoms with Crippen molar-refractivity contribution >= 4 is 5.91 Å². The lowest BCUT2D eigenvalue weighted by molar-refractivity contribution is -0.141. The highest BCUT2D eigenvalue weighted by Crippen LogP contribution is 2.29. The van der Waals surface area contributed by atoms with Gasteiger partial charge >= 0.3 is 0 Å². The van der Waals surface area contributed by atoms with E-state index >= 15 is 0 Å². The number of nitrogens with one attached hydrogen (secondary N) is 1. The summed E-state index contributed by atoms with van der Waals surface area (Å²) < 4.78 is 0. The molecule has 2 atom stereocenters. The molecule has 0 aliphatic carbocycles. The van der Waals surface area contributed by atoms with Gasteiger partial charge in [0.25, 0.3) is 0 Å². The molecule has 2 fully saturated rings. The Kier molecular flexibility index (Phi) is 5.04. The van der Waals surface area contributed by atoms with Crippen LogP contribution in [-0.2, 0) is 4.79 Å². The standard InChI is InChI=1S/C15H28N2O/c1-3-5-14-12(2)6-4-11-17(14)15(18)13-7-9-16-10-8-13/h12-14,16H,3-11H2,1-2H3. The van der Waals surface area contributed by atoms with Crippen molar-refractivity contribution in [2.45, 2.75) is 58.4 Å². The molecule has 2 heterocycles. The number of rotatable bonds is 3. The Labute approximate surface area is 111 Å². The van der Waals surface area contributed by atoms with E-state index in [1.807, 2.05) is 0 Å². The summed E-state index contributed by atoms with van der Waals surface area (Å²) in [6.45, 7) is 7.57. The summed E-state index contributed by atoms with van der Waals surface area (Å²) in [5.41, 5.74) is 0. The Hall–Kier alpha value is -0.570. The summed E-state index contributed by atoms with van der Waals surface area (Å²) in [7, 11) is 0. The summed E-state index contributed by atoms with van der Waals surface area (Å²) in [6, 6.07) is 0.506. The van der Waals surface area contributed by atoms with Crippen molar-refractivity contribution in [1.82, 2.24) is 10.2 Å². The van der Waals surface area contributed by atoms with Gasteiger partial charge in [-0.15, -0.1) is 0 Å². The second-order valence-electron chi connectivity index (χ2n) is 6.03. The predicted molar refractivity (Wildman–Crippen MR) is 74.4 cm³/mol. The molecular formula is C15H28N2O. The highest BCUT2D eigenvalue weighted by atomic mass is 16.2. The van der Waals surface area contributed by atoms with E-state index in [1.165, 1.54) is 25.7 Å². The highest BCUT2D eigenvalue weighted by molar-refractivity contribution is 5.79. The van der Waals surface area contributed by atoms with Crippen molar-refractivity contribution in [2.75, 3.05) is 19.6 Å². The number of carbonyl (C=O) groups excluding carboxylic acids is 1. The first kappa shape index (κ1) is 13.9. The van der Waals surface area contributed by atoms with Gasteiger partial charge in [0.2, 0.25) is 5.91 Å². The van der Waals surface area contributed by atoms with E-state index in [4.69, 9.17) is 0 Å². The molecule has 0 aromatic heterocycles. The van der Waals surface area contributed by atoms with Crippen molar-refractivity contribution in [3.8, 4) is 0 Å². The third-order valence-corrected chi connectivity index (χ3v) is 4.67. The van der Waals surface area contributed by atoms with Crippen LogP contribution in [0.4, 0.5) is 0 Å². The smallest absolute Gasteiger partial charge is 0.226 e. The number of nitrogens with zero attached hydrogens (tertiary/aromatic N) is 1. The van der Waals surface area contributed by atoms with E-state index in [-0.39, 0.29) is 5.92 Å². The molecule has 0 radical (unpaired) electrons. The summed E-state index contributed by atoms with van der Waals surface area (Å²) in [5, 5.41) is 3.35. The average Bonchev–Trinajstić information content (AvgIpc) is 2.41. The molecule has 0 aromatic rings. The summed E-state index contributed by atoms with van der Waals surface area (Å²) in [6.07, 6.45) is 6.91. The minimum absolute atomic E-state index is 0.288. The molecule has 3 nitrogen and oxygen atoms in total. The first-order valence-electron chi connectivity index (χ1n) is 7.75. The van der Waals surface area contributed by atoms with Gasteiger partial charge in [-0.1, -0.05) is 20.3 Å². The minimum Gasteiger partial charge on any atom is -0.339 e. The van der Waals surface area contributed by atoms with Gasteiger partial charge in [-0.3, -0.25) is 4.79 Å². The lowest BCUT2D eigenvalue weighted by Gasteiger charge is -2.42. The maximum absolute atomic E-state index is 12.7. The molecule has 2 rings (SSSR count). The van der Waals surface area contributed by atoms with Crippen LogP contribution in [0.25, 0.3) is 0 Å².